The molecule has 4 unspecified atom stereocenters. The quantitative estimate of drug-likeness (QED) is 0.718. The summed E-state index contributed by atoms with van der Waals surface area (Å²) in [5.41, 5.74) is 2.22. The largest absolute Gasteiger partial charge is 0.368 e. The molecule has 5 nitrogen and oxygen atoms in total. The maximum absolute atomic E-state index is 6.24. The Morgan fingerprint density at radius 3 is 2.04 bits per heavy atom. The predicted octanol–water partition coefficient (Wildman–Crippen LogP) is 2.98. The van der Waals surface area contributed by atoms with Gasteiger partial charge in [-0.1, -0.05) is 60.7 Å². The molecule has 0 saturated carbocycles. The topological polar surface area (TPSA) is 49.3 Å². The number of aliphatic imine (C=N–C) groups is 1. The molecular weight excluding hydrogens is 330 g/mol. The Kier molecular flexibility index (Phi) is 5.41. The number of rotatable bonds is 7. The minimum atomic E-state index is -0.408. The summed E-state index contributed by atoms with van der Waals surface area (Å²) in [5.74, 6) is 0. The zero-order valence-corrected chi connectivity index (χ0v) is 14.6. The van der Waals surface area contributed by atoms with Gasteiger partial charge in [0.05, 0.1) is 19.8 Å². The Morgan fingerprint density at radius 1 is 0.885 bits per heavy atom. The van der Waals surface area contributed by atoms with Gasteiger partial charge >= 0.3 is 0 Å². The monoisotopic (exact) mass is 353 g/mol. The Labute approximate surface area is 153 Å². The van der Waals surface area contributed by atoms with E-state index in [1.807, 2.05) is 60.7 Å². The van der Waals surface area contributed by atoms with Crippen LogP contribution in [-0.2, 0) is 32.2 Å². The molecule has 0 spiro atoms. The van der Waals surface area contributed by atoms with Crippen molar-refractivity contribution in [2.75, 3.05) is 6.61 Å². The maximum Gasteiger partial charge on any atom is 0.183 e. The Morgan fingerprint density at radius 2 is 1.46 bits per heavy atom. The Hall–Kier alpha value is -2.05. The van der Waals surface area contributed by atoms with Crippen LogP contribution in [0.5, 0.6) is 0 Å². The summed E-state index contributed by atoms with van der Waals surface area (Å²) in [7, 11) is 0. The zero-order chi connectivity index (χ0) is 17.8. The van der Waals surface area contributed by atoms with Crippen molar-refractivity contribution in [2.45, 2.75) is 43.9 Å². The van der Waals surface area contributed by atoms with Crippen molar-refractivity contribution >= 4 is 6.72 Å². The average molecular weight is 353 g/mol. The van der Waals surface area contributed by atoms with Crippen LogP contribution in [0.25, 0.3) is 0 Å². The molecule has 0 aliphatic carbocycles. The van der Waals surface area contributed by atoms with Crippen molar-refractivity contribution < 1.29 is 18.9 Å². The fourth-order valence-electron chi connectivity index (χ4n) is 3.47. The molecular formula is C21H23NO4. The maximum atomic E-state index is 6.24. The van der Waals surface area contributed by atoms with E-state index in [0.717, 1.165) is 11.1 Å². The summed E-state index contributed by atoms with van der Waals surface area (Å²) in [4.78, 5) is 4.22. The highest BCUT2D eigenvalue weighted by Gasteiger charge is 2.51. The van der Waals surface area contributed by atoms with Crippen molar-refractivity contribution in [3.8, 4) is 0 Å². The molecule has 2 fully saturated rings. The lowest BCUT2D eigenvalue weighted by molar-refractivity contribution is -0.211. The van der Waals surface area contributed by atoms with Crippen molar-refractivity contribution in [1.82, 2.24) is 0 Å². The molecule has 2 saturated heterocycles. The third kappa shape index (κ3) is 3.71. The van der Waals surface area contributed by atoms with Crippen molar-refractivity contribution in [1.29, 1.82) is 0 Å². The van der Waals surface area contributed by atoms with Crippen LogP contribution in [0.15, 0.2) is 65.7 Å². The van der Waals surface area contributed by atoms with E-state index in [9.17, 15) is 0 Å². The van der Waals surface area contributed by atoms with Crippen LogP contribution < -0.4 is 0 Å². The fraction of sp³-hybridized carbons (Fsp3) is 0.381. The fourth-order valence-corrected chi connectivity index (χ4v) is 3.47. The third-order valence-corrected chi connectivity index (χ3v) is 4.82. The minimum absolute atomic E-state index is 0.150. The third-order valence-electron chi connectivity index (χ3n) is 4.82. The van der Waals surface area contributed by atoms with E-state index in [0.29, 0.717) is 19.8 Å². The van der Waals surface area contributed by atoms with Crippen LogP contribution in [0.4, 0.5) is 0 Å². The second kappa shape index (κ2) is 8.10. The van der Waals surface area contributed by atoms with Gasteiger partial charge in [-0.05, 0) is 17.8 Å². The second-order valence-corrected chi connectivity index (χ2v) is 6.57. The normalized spacial score (nSPS) is 30.2. The number of fused-ring (bicyclic) bond motifs is 2. The van der Waals surface area contributed by atoms with Crippen LogP contribution in [0.1, 0.15) is 11.1 Å². The lowest BCUT2D eigenvalue weighted by Crippen LogP contribution is -2.55. The zero-order valence-electron chi connectivity index (χ0n) is 14.6. The van der Waals surface area contributed by atoms with Gasteiger partial charge in [0.15, 0.2) is 6.29 Å². The molecule has 0 radical (unpaired) electrons. The molecule has 5 atom stereocenters. The molecule has 26 heavy (non-hydrogen) atoms. The SMILES string of the molecule is C=NC1C2OCC(O2)[C@@H](OCc2ccccc2)C1OCc1ccccc1. The van der Waals surface area contributed by atoms with Crippen molar-refractivity contribution in [3.05, 3.63) is 71.8 Å². The molecule has 4 rings (SSSR count). The molecule has 2 heterocycles. The van der Waals surface area contributed by atoms with Crippen LogP contribution in [0, 0.1) is 0 Å². The lowest BCUT2D eigenvalue weighted by atomic mass is 9.98. The Bertz CT molecular complexity index is 708. The molecule has 5 heteroatoms. The highest BCUT2D eigenvalue weighted by atomic mass is 16.7. The predicted molar refractivity (Wildman–Crippen MR) is 98.0 cm³/mol. The molecule has 2 aromatic carbocycles. The van der Waals surface area contributed by atoms with Gasteiger partial charge in [-0.2, -0.15) is 0 Å². The second-order valence-electron chi connectivity index (χ2n) is 6.57. The first kappa shape index (κ1) is 17.4. The molecule has 136 valence electrons. The summed E-state index contributed by atoms with van der Waals surface area (Å²) in [6.45, 7) is 5.18. The van der Waals surface area contributed by atoms with Gasteiger partial charge in [-0.25, -0.2) is 0 Å². The molecule has 2 aliphatic rings. The van der Waals surface area contributed by atoms with E-state index < -0.39 is 6.29 Å². The first-order chi connectivity index (χ1) is 12.8. The first-order valence-corrected chi connectivity index (χ1v) is 8.89. The van der Waals surface area contributed by atoms with E-state index in [1.54, 1.807) is 0 Å². The summed E-state index contributed by atoms with van der Waals surface area (Å²) in [5, 5.41) is 0. The number of nitrogens with zero attached hydrogens (tertiary/aromatic N) is 1. The van der Waals surface area contributed by atoms with Crippen LogP contribution in [-0.4, -0.2) is 44.0 Å². The van der Waals surface area contributed by atoms with Gasteiger partial charge in [-0.15, -0.1) is 0 Å². The first-order valence-electron chi connectivity index (χ1n) is 8.89. The molecule has 0 aromatic heterocycles. The average Bonchev–Trinajstić information content (AvgIpc) is 3.12. The lowest BCUT2D eigenvalue weighted by Gasteiger charge is -2.38. The van der Waals surface area contributed by atoms with Crippen molar-refractivity contribution in [2.24, 2.45) is 4.99 Å². The van der Waals surface area contributed by atoms with E-state index in [2.05, 4.69) is 11.7 Å². The number of hydrogen-bond donors (Lipinski definition) is 0. The summed E-state index contributed by atoms with van der Waals surface area (Å²) in [6.07, 6.45) is -1.08. The van der Waals surface area contributed by atoms with Gasteiger partial charge in [0, 0.05) is 0 Å². The molecule has 2 aliphatic heterocycles. The minimum Gasteiger partial charge on any atom is -0.368 e. The molecule has 0 amide bonds. The highest BCUT2D eigenvalue weighted by Crippen LogP contribution is 2.34. The number of hydrogen-bond acceptors (Lipinski definition) is 5. The van der Waals surface area contributed by atoms with Crippen LogP contribution in [0.3, 0.4) is 0 Å². The summed E-state index contributed by atoms with van der Waals surface area (Å²) < 4.78 is 24.1. The Balaban J connectivity index is 1.48. The van der Waals surface area contributed by atoms with E-state index in [4.69, 9.17) is 18.9 Å². The summed E-state index contributed by atoms with van der Waals surface area (Å²) >= 11 is 0. The molecule has 2 bridgehead atoms. The smallest absolute Gasteiger partial charge is 0.183 e. The highest BCUT2D eigenvalue weighted by molar-refractivity contribution is 5.25. The van der Waals surface area contributed by atoms with Crippen LogP contribution >= 0.6 is 0 Å². The number of benzene rings is 2. The summed E-state index contributed by atoms with van der Waals surface area (Å²) in [6, 6.07) is 19.9. The van der Waals surface area contributed by atoms with E-state index in [1.165, 1.54) is 0 Å². The van der Waals surface area contributed by atoms with Crippen LogP contribution in [0.2, 0.25) is 0 Å². The van der Waals surface area contributed by atoms with Gasteiger partial charge in [-0.3, -0.25) is 4.99 Å². The molecule has 0 N–H and O–H groups in total. The van der Waals surface area contributed by atoms with Gasteiger partial charge in [0.1, 0.15) is 24.4 Å². The van der Waals surface area contributed by atoms with Gasteiger partial charge in [0.25, 0.3) is 0 Å². The van der Waals surface area contributed by atoms with Crippen molar-refractivity contribution in [3.63, 3.8) is 0 Å². The van der Waals surface area contributed by atoms with Gasteiger partial charge < -0.3 is 18.9 Å². The van der Waals surface area contributed by atoms with E-state index in [-0.39, 0.29) is 24.4 Å². The van der Waals surface area contributed by atoms with Gasteiger partial charge in [0.2, 0.25) is 0 Å². The molecule has 2 aromatic rings. The van der Waals surface area contributed by atoms with E-state index >= 15 is 0 Å². The number of ether oxygens (including phenoxy) is 4. The standard InChI is InChI=1S/C21H23NO4/c1-22-18-20(24-13-16-10-6-3-7-11-16)19(17-14-25-21(18)26-17)23-12-15-8-4-2-5-9-15/h2-11,17-21H,1,12-14H2/t17?,18?,19-,20?,21?/m1/s1.